The van der Waals surface area contributed by atoms with Crippen molar-refractivity contribution in [2.45, 2.75) is 58.0 Å². The Balaban J connectivity index is 2.17. The second kappa shape index (κ2) is 13.1. The van der Waals surface area contributed by atoms with Gasteiger partial charge in [0.2, 0.25) is 11.8 Å². The maximum absolute atomic E-state index is 13.2. The standard InChI is InChI=1S/C24H29Cl2FN2O2S/c1-4-16(3)28-24(31)22(5-2)29(13-18-8-9-19(25)12-21(18)26)23(30)15-32-14-17-6-10-20(27)11-7-17/h6-12,16,22H,4-5,13-15H2,1-3H3,(H,28,31)/t16-,22-/m0/s1. The van der Waals surface area contributed by atoms with Crippen molar-refractivity contribution in [1.29, 1.82) is 0 Å². The van der Waals surface area contributed by atoms with Crippen LogP contribution < -0.4 is 5.32 Å². The zero-order valence-corrected chi connectivity index (χ0v) is 20.9. The van der Waals surface area contributed by atoms with Crippen LogP contribution in [0, 0.1) is 5.82 Å². The van der Waals surface area contributed by atoms with E-state index >= 15 is 0 Å². The fourth-order valence-corrected chi connectivity index (χ4v) is 4.45. The third-order valence-corrected chi connectivity index (χ3v) is 6.73. The Hall–Kier alpha value is -1.76. The fraction of sp³-hybridized carbons (Fsp3) is 0.417. The predicted molar refractivity (Wildman–Crippen MR) is 132 cm³/mol. The molecule has 2 aromatic carbocycles. The van der Waals surface area contributed by atoms with E-state index in [2.05, 4.69) is 5.32 Å². The molecule has 0 fully saturated rings. The molecule has 8 heteroatoms. The molecular formula is C24H29Cl2FN2O2S. The van der Waals surface area contributed by atoms with E-state index in [0.717, 1.165) is 17.5 Å². The Morgan fingerprint density at radius 2 is 1.78 bits per heavy atom. The average molecular weight is 499 g/mol. The molecule has 1 N–H and O–H groups in total. The lowest BCUT2D eigenvalue weighted by atomic mass is 10.1. The minimum atomic E-state index is -0.616. The second-order valence-corrected chi connectivity index (χ2v) is 9.45. The molecule has 0 spiro atoms. The van der Waals surface area contributed by atoms with Gasteiger partial charge in [-0.05, 0) is 55.2 Å². The lowest BCUT2D eigenvalue weighted by molar-refractivity contribution is -0.139. The molecule has 0 aliphatic carbocycles. The van der Waals surface area contributed by atoms with E-state index in [1.807, 2.05) is 20.8 Å². The van der Waals surface area contributed by atoms with Crippen LogP contribution in [0.2, 0.25) is 10.0 Å². The van der Waals surface area contributed by atoms with Gasteiger partial charge in [0, 0.05) is 28.4 Å². The van der Waals surface area contributed by atoms with E-state index in [-0.39, 0.29) is 36.0 Å². The molecule has 0 unspecified atom stereocenters. The first-order valence-corrected chi connectivity index (χ1v) is 12.5. The number of halogens is 3. The Labute approximate surface area is 203 Å². The molecule has 2 aromatic rings. The Kier molecular flexibility index (Phi) is 10.8. The van der Waals surface area contributed by atoms with Crippen molar-refractivity contribution in [2.24, 2.45) is 0 Å². The molecule has 0 bridgehead atoms. The van der Waals surface area contributed by atoms with Gasteiger partial charge >= 0.3 is 0 Å². The highest BCUT2D eigenvalue weighted by atomic mass is 35.5. The number of amides is 2. The van der Waals surface area contributed by atoms with Crippen LogP contribution in [0.4, 0.5) is 4.39 Å². The lowest BCUT2D eigenvalue weighted by Gasteiger charge is -2.31. The summed E-state index contributed by atoms with van der Waals surface area (Å²) in [5, 5.41) is 3.94. The molecule has 0 saturated heterocycles. The summed E-state index contributed by atoms with van der Waals surface area (Å²) < 4.78 is 13.1. The van der Waals surface area contributed by atoms with E-state index in [0.29, 0.717) is 22.2 Å². The number of carbonyl (C=O) groups excluding carboxylic acids is 2. The summed E-state index contributed by atoms with van der Waals surface area (Å²) in [6.45, 7) is 6.02. The van der Waals surface area contributed by atoms with Crippen LogP contribution in [-0.4, -0.2) is 34.6 Å². The van der Waals surface area contributed by atoms with Crippen molar-refractivity contribution in [3.8, 4) is 0 Å². The van der Waals surface area contributed by atoms with Gasteiger partial charge in [0.1, 0.15) is 11.9 Å². The molecule has 2 atom stereocenters. The summed E-state index contributed by atoms with van der Waals surface area (Å²) in [7, 11) is 0. The molecule has 0 saturated carbocycles. The van der Waals surface area contributed by atoms with Crippen LogP contribution in [-0.2, 0) is 21.9 Å². The molecule has 0 aliphatic rings. The summed E-state index contributed by atoms with van der Waals surface area (Å²) in [5.74, 6) is 0.129. The van der Waals surface area contributed by atoms with Crippen LogP contribution in [0.5, 0.6) is 0 Å². The lowest BCUT2D eigenvalue weighted by Crippen LogP contribution is -2.51. The summed E-state index contributed by atoms with van der Waals surface area (Å²) in [5.41, 5.74) is 1.65. The van der Waals surface area contributed by atoms with E-state index in [9.17, 15) is 14.0 Å². The SMILES string of the molecule is CC[C@H](C)NC(=O)[C@H](CC)N(Cc1ccc(Cl)cc1Cl)C(=O)CSCc1ccc(F)cc1. The van der Waals surface area contributed by atoms with Gasteiger partial charge in [0.05, 0.1) is 5.75 Å². The molecule has 0 radical (unpaired) electrons. The molecule has 0 aromatic heterocycles. The highest BCUT2D eigenvalue weighted by molar-refractivity contribution is 7.99. The van der Waals surface area contributed by atoms with Gasteiger partial charge in [-0.1, -0.05) is 55.2 Å². The molecule has 4 nitrogen and oxygen atoms in total. The van der Waals surface area contributed by atoms with Crippen LogP contribution in [0.3, 0.4) is 0 Å². The largest absolute Gasteiger partial charge is 0.352 e. The van der Waals surface area contributed by atoms with Crippen LogP contribution in [0.15, 0.2) is 42.5 Å². The van der Waals surface area contributed by atoms with Gasteiger partial charge in [-0.15, -0.1) is 11.8 Å². The topological polar surface area (TPSA) is 49.4 Å². The van der Waals surface area contributed by atoms with Crippen molar-refractivity contribution in [3.63, 3.8) is 0 Å². The summed E-state index contributed by atoms with van der Waals surface area (Å²) >= 11 is 13.8. The predicted octanol–water partition coefficient (Wildman–Crippen LogP) is 6.09. The van der Waals surface area contributed by atoms with E-state index in [1.54, 1.807) is 35.2 Å². The summed E-state index contributed by atoms with van der Waals surface area (Å²) in [6, 6.07) is 10.7. The Bertz CT molecular complexity index is 911. The van der Waals surface area contributed by atoms with E-state index in [4.69, 9.17) is 23.2 Å². The zero-order chi connectivity index (χ0) is 23.7. The van der Waals surface area contributed by atoms with Crippen molar-refractivity contribution in [2.75, 3.05) is 5.75 Å². The third-order valence-electron chi connectivity index (χ3n) is 5.15. The fourth-order valence-electron chi connectivity index (χ4n) is 3.11. The number of carbonyl (C=O) groups is 2. The molecule has 32 heavy (non-hydrogen) atoms. The van der Waals surface area contributed by atoms with Crippen LogP contribution >= 0.6 is 35.0 Å². The van der Waals surface area contributed by atoms with Gasteiger partial charge in [-0.3, -0.25) is 9.59 Å². The van der Waals surface area contributed by atoms with Gasteiger partial charge in [-0.2, -0.15) is 0 Å². The second-order valence-electron chi connectivity index (χ2n) is 7.62. The summed E-state index contributed by atoms with van der Waals surface area (Å²) in [4.78, 5) is 27.8. The smallest absolute Gasteiger partial charge is 0.243 e. The van der Waals surface area contributed by atoms with Gasteiger partial charge < -0.3 is 10.2 Å². The highest BCUT2D eigenvalue weighted by Crippen LogP contribution is 2.24. The van der Waals surface area contributed by atoms with Gasteiger partial charge in [0.15, 0.2) is 0 Å². The molecular weight excluding hydrogens is 470 g/mol. The molecule has 2 amide bonds. The third kappa shape index (κ3) is 7.98. The minimum Gasteiger partial charge on any atom is -0.352 e. The van der Waals surface area contributed by atoms with Crippen LogP contribution in [0.25, 0.3) is 0 Å². The van der Waals surface area contributed by atoms with Crippen molar-refractivity contribution in [3.05, 3.63) is 69.5 Å². The monoisotopic (exact) mass is 498 g/mol. The quantitative estimate of drug-likeness (QED) is 0.407. The molecule has 174 valence electrons. The molecule has 2 rings (SSSR count). The Morgan fingerprint density at radius 1 is 1.09 bits per heavy atom. The number of hydrogen-bond donors (Lipinski definition) is 1. The summed E-state index contributed by atoms with van der Waals surface area (Å²) in [6.07, 6.45) is 1.27. The number of rotatable bonds is 11. The first kappa shape index (κ1) is 26.5. The number of nitrogens with one attached hydrogen (secondary N) is 1. The molecule has 0 aliphatic heterocycles. The van der Waals surface area contributed by atoms with E-state index in [1.165, 1.54) is 23.9 Å². The Morgan fingerprint density at radius 3 is 2.38 bits per heavy atom. The maximum Gasteiger partial charge on any atom is 0.243 e. The van der Waals surface area contributed by atoms with Crippen molar-refractivity contribution < 1.29 is 14.0 Å². The molecule has 0 heterocycles. The van der Waals surface area contributed by atoms with E-state index < -0.39 is 6.04 Å². The highest BCUT2D eigenvalue weighted by Gasteiger charge is 2.29. The number of hydrogen-bond acceptors (Lipinski definition) is 3. The zero-order valence-electron chi connectivity index (χ0n) is 18.5. The van der Waals surface area contributed by atoms with Gasteiger partial charge in [0.25, 0.3) is 0 Å². The maximum atomic E-state index is 13.2. The average Bonchev–Trinajstić information content (AvgIpc) is 2.76. The number of nitrogens with zero attached hydrogens (tertiary/aromatic N) is 1. The first-order valence-electron chi connectivity index (χ1n) is 10.6. The normalized spacial score (nSPS) is 12.8. The number of thioether (sulfide) groups is 1. The minimum absolute atomic E-state index is 0.0143. The first-order chi connectivity index (χ1) is 15.2. The number of benzene rings is 2. The van der Waals surface area contributed by atoms with Gasteiger partial charge in [-0.25, -0.2) is 4.39 Å². The van der Waals surface area contributed by atoms with Crippen molar-refractivity contribution in [1.82, 2.24) is 10.2 Å². The van der Waals surface area contributed by atoms with Crippen molar-refractivity contribution >= 4 is 46.8 Å². The van der Waals surface area contributed by atoms with Crippen LogP contribution in [0.1, 0.15) is 44.7 Å².